The largest absolute Gasteiger partial charge is 0.261 e. The Balaban J connectivity index is 3.13. The number of rotatable bonds is 0. The number of hydrogen-bond donors (Lipinski definition) is 0. The summed E-state index contributed by atoms with van der Waals surface area (Å²) in [5, 5.41) is -0.0139. The Labute approximate surface area is 51.1 Å². The molecule has 0 bridgehead atoms. The molecule has 0 N–H and O–H groups in total. The molecule has 0 aliphatic rings. The van der Waals surface area contributed by atoms with Crippen molar-refractivity contribution in [1.29, 1.82) is 0 Å². The lowest BCUT2D eigenvalue weighted by Gasteiger charge is -1.85. The van der Waals surface area contributed by atoms with Crippen LogP contribution in [0.15, 0.2) is 12.4 Å². The zero-order valence-electron chi connectivity index (χ0n) is 3.86. The van der Waals surface area contributed by atoms with Gasteiger partial charge in [-0.05, 0) is 0 Å². The SMILES string of the molecule is Fc1cnc[c]c1Cl. The highest BCUT2D eigenvalue weighted by Crippen LogP contribution is 2.08. The van der Waals surface area contributed by atoms with E-state index in [9.17, 15) is 4.39 Å². The molecule has 0 saturated heterocycles. The molecule has 0 aliphatic heterocycles. The molecule has 0 spiro atoms. The molecule has 8 heavy (non-hydrogen) atoms. The molecular weight excluding hydrogens is 129 g/mol. The Bertz CT molecular complexity index is 169. The van der Waals surface area contributed by atoms with Gasteiger partial charge in [0.25, 0.3) is 0 Å². The van der Waals surface area contributed by atoms with Gasteiger partial charge >= 0.3 is 0 Å². The molecule has 0 amide bonds. The average molecular weight is 131 g/mol. The topological polar surface area (TPSA) is 12.9 Å². The van der Waals surface area contributed by atoms with Gasteiger partial charge in [0.05, 0.1) is 11.2 Å². The third-order valence-corrected chi connectivity index (χ3v) is 0.953. The molecule has 1 heterocycles. The van der Waals surface area contributed by atoms with Gasteiger partial charge in [-0.1, -0.05) is 11.6 Å². The number of nitrogens with zero attached hydrogens (tertiary/aromatic N) is 1. The van der Waals surface area contributed by atoms with Gasteiger partial charge in [0.15, 0.2) is 5.82 Å². The van der Waals surface area contributed by atoms with E-state index in [-0.39, 0.29) is 5.02 Å². The zero-order chi connectivity index (χ0) is 5.98. The molecule has 0 saturated carbocycles. The van der Waals surface area contributed by atoms with Crippen molar-refractivity contribution in [3.8, 4) is 0 Å². The lowest BCUT2D eigenvalue weighted by Crippen LogP contribution is -1.76. The monoisotopic (exact) mass is 130 g/mol. The van der Waals surface area contributed by atoms with Gasteiger partial charge in [-0.15, -0.1) is 0 Å². The van der Waals surface area contributed by atoms with Crippen LogP contribution in [0.5, 0.6) is 0 Å². The Kier molecular flexibility index (Phi) is 1.44. The van der Waals surface area contributed by atoms with Gasteiger partial charge in [0.2, 0.25) is 0 Å². The van der Waals surface area contributed by atoms with E-state index in [4.69, 9.17) is 11.6 Å². The Morgan fingerprint density at radius 1 is 1.75 bits per heavy atom. The molecule has 1 aromatic heterocycles. The maximum atomic E-state index is 12.1. The second-order valence-corrected chi connectivity index (χ2v) is 1.59. The molecule has 1 aromatic rings. The molecule has 0 aliphatic carbocycles. The van der Waals surface area contributed by atoms with Gasteiger partial charge in [-0.3, -0.25) is 4.98 Å². The van der Waals surface area contributed by atoms with Crippen molar-refractivity contribution >= 4 is 11.6 Å². The van der Waals surface area contributed by atoms with Crippen LogP contribution in [0, 0.1) is 11.9 Å². The fourth-order valence-electron chi connectivity index (χ4n) is 0.322. The van der Waals surface area contributed by atoms with Crippen molar-refractivity contribution in [2.75, 3.05) is 0 Å². The number of aromatic nitrogens is 1. The van der Waals surface area contributed by atoms with E-state index in [2.05, 4.69) is 11.1 Å². The molecule has 0 aromatic carbocycles. The number of hydrogen-bond acceptors (Lipinski definition) is 1. The Morgan fingerprint density at radius 3 is 2.88 bits per heavy atom. The number of halogens is 2. The fraction of sp³-hybridized carbons (Fsp3) is 0. The summed E-state index contributed by atoms with van der Waals surface area (Å²) >= 11 is 5.24. The van der Waals surface area contributed by atoms with Crippen LogP contribution in [0.4, 0.5) is 4.39 Å². The molecule has 0 fully saturated rings. The summed E-state index contributed by atoms with van der Waals surface area (Å²) in [7, 11) is 0. The van der Waals surface area contributed by atoms with Gasteiger partial charge < -0.3 is 0 Å². The van der Waals surface area contributed by atoms with Crippen LogP contribution in [0.3, 0.4) is 0 Å². The quantitative estimate of drug-likeness (QED) is 0.521. The average Bonchev–Trinajstić information content (AvgIpc) is 1.77. The first-order valence-corrected chi connectivity index (χ1v) is 2.35. The lowest BCUT2D eigenvalue weighted by atomic mass is 10.5. The molecule has 1 rings (SSSR count). The van der Waals surface area contributed by atoms with E-state index in [1.54, 1.807) is 0 Å². The van der Waals surface area contributed by atoms with Crippen molar-refractivity contribution in [1.82, 2.24) is 4.98 Å². The minimum atomic E-state index is -0.533. The van der Waals surface area contributed by atoms with Crippen LogP contribution >= 0.6 is 11.6 Å². The van der Waals surface area contributed by atoms with Crippen molar-refractivity contribution < 1.29 is 4.39 Å². The van der Waals surface area contributed by atoms with Crippen molar-refractivity contribution in [3.05, 3.63) is 29.3 Å². The Hall–Kier alpha value is -0.630. The zero-order valence-corrected chi connectivity index (χ0v) is 4.61. The smallest absolute Gasteiger partial charge is 0.160 e. The second-order valence-electron chi connectivity index (χ2n) is 1.21. The maximum absolute atomic E-state index is 12.1. The maximum Gasteiger partial charge on any atom is 0.160 e. The van der Waals surface area contributed by atoms with E-state index in [1.807, 2.05) is 0 Å². The molecule has 1 radical (unpaired) electrons. The van der Waals surface area contributed by atoms with Crippen LogP contribution in [-0.2, 0) is 0 Å². The summed E-state index contributed by atoms with van der Waals surface area (Å²) in [6.45, 7) is 0. The van der Waals surface area contributed by atoms with Crippen molar-refractivity contribution in [2.45, 2.75) is 0 Å². The van der Waals surface area contributed by atoms with E-state index in [1.165, 1.54) is 6.20 Å². The molecule has 0 atom stereocenters. The Morgan fingerprint density at radius 2 is 2.50 bits per heavy atom. The van der Waals surface area contributed by atoms with Crippen LogP contribution in [0.25, 0.3) is 0 Å². The molecular formula is C5H2ClFN. The highest BCUT2D eigenvalue weighted by atomic mass is 35.5. The molecule has 1 nitrogen and oxygen atoms in total. The summed E-state index contributed by atoms with van der Waals surface area (Å²) in [5.41, 5.74) is 0. The predicted molar refractivity (Wildman–Crippen MR) is 28.0 cm³/mol. The first kappa shape index (κ1) is 5.51. The van der Waals surface area contributed by atoms with Crippen LogP contribution < -0.4 is 0 Å². The summed E-state index contributed by atoms with van der Waals surface area (Å²) in [4.78, 5) is 3.43. The van der Waals surface area contributed by atoms with E-state index in [0.29, 0.717) is 0 Å². The predicted octanol–water partition coefficient (Wildman–Crippen LogP) is 1.67. The van der Waals surface area contributed by atoms with Crippen LogP contribution in [0.2, 0.25) is 5.02 Å². The third kappa shape index (κ3) is 0.954. The van der Waals surface area contributed by atoms with Crippen LogP contribution in [-0.4, -0.2) is 4.98 Å². The van der Waals surface area contributed by atoms with E-state index >= 15 is 0 Å². The minimum absolute atomic E-state index is 0.0139. The molecule has 3 heteroatoms. The summed E-state index contributed by atoms with van der Waals surface area (Å²) in [6, 6.07) is 2.38. The first-order valence-electron chi connectivity index (χ1n) is 1.97. The summed E-state index contributed by atoms with van der Waals surface area (Å²) < 4.78 is 12.1. The van der Waals surface area contributed by atoms with E-state index < -0.39 is 5.82 Å². The van der Waals surface area contributed by atoms with E-state index in [0.717, 1.165) is 6.20 Å². The molecule has 41 valence electrons. The molecule has 0 unspecified atom stereocenters. The highest BCUT2D eigenvalue weighted by molar-refractivity contribution is 6.30. The van der Waals surface area contributed by atoms with Crippen LogP contribution in [0.1, 0.15) is 0 Å². The third-order valence-electron chi connectivity index (χ3n) is 0.663. The normalized spacial score (nSPS) is 9.25. The van der Waals surface area contributed by atoms with Gasteiger partial charge in [0.1, 0.15) is 0 Å². The standard InChI is InChI=1S/C5H2ClFN/c6-4-1-2-8-3-5(4)7/h2-3H. The fourth-order valence-corrected chi connectivity index (χ4v) is 0.420. The number of pyridine rings is 1. The highest BCUT2D eigenvalue weighted by Gasteiger charge is 1.93. The summed E-state index contributed by atoms with van der Waals surface area (Å²) in [5.74, 6) is -0.533. The van der Waals surface area contributed by atoms with Gasteiger partial charge in [-0.2, -0.15) is 0 Å². The second kappa shape index (κ2) is 2.09. The minimum Gasteiger partial charge on any atom is -0.261 e. The van der Waals surface area contributed by atoms with Gasteiger partial charge in [0, 0.05) is 12.3 Å². The van der Waals surface area contributed by atoms with Gasteiger partial charge in [-0.25, -0.2) is 4.39 Å². The first-order chi connectivity index (χ1) is 3.80. The van der Waals surface area contributed by atoms with Crippen molar-refractivity contribution in [3.63, 3.8) is 0 Å². The lowest BCUT2D eigenvalue weighted by molar-refractivity contribution is 0.621. The van der Waals surface area contributed by atoms with Crippen molar-refractivity contribution in [2.24, 2.45) is 0 Å². The summed E-state index contributed by atoms with van der Waals surface area (Å²) in [6.07, 6.45) is 2.35.